The lowest BCUT2D eigenvalue weighted by atomic mass is 10.1. The third kappa shape index (κ3) is 4.13. The first-order chi connectivity index (χ1) is 13.7. The second-order valence-corrected chi connectivity index (χ2v) is 7.35. The summed E-state index contributed by atoms with van der Waals surface area (Å²) >= 11 is 0. The van der Waals surface area contributed by atoms with Gasteiger partial charge in [0.2, 0.25) is 11.8 Å². The molecule has 2 aliphatic heterocycles. The van der Waals surface area contributed by atoms with Crippen LogP contribution in [0.2, 0.25) is 0 Å². The fourth-order valence-electron chi connectivity index (χ4n) is 3.93. The van der Waals surface area contributed by atoms with Crippen LogP contribution >= 0.6 is 0 Å². The standard InChI is InChI=1S/C21H25N5O2/c27-20-14-18(16-26(20)9-6-17-4-2-1-3-5-17)21(28)25-12-10-24(11-13-25)19-15-22-7-8-23-19/h1-5,7-8,15,18H,6,9-14,16H2/t18-/m0/s1. The van der Waals surface area contributed by atoms with Gasteiger partial charge in [0.05, 0.1) is 12.1 Å². The molecule has 1 aromatic heterocycles. The van der Waals surface area contributed by atoms with Gasteiger partial charge in [-0.25, -0.2) is 4.98 Å². The summed E-state index contributed by atoms with van der Waals surface area (Å²) in [6, 6.07) is 10.1. The molecule has 0 spiro atoms. The number of piperazine rings is 1. The Morgan fingerprint density at radius 3 is 2.57 bits per heavy atom. The summed E-state index contributed by atoms with van der Waals surface area (Å²) in [6.07, 6.45) is 6.24. The number of rotatable bonds is 5. The van der Waals surface area contributed by atoms with Crippen LogP contribution in [0.25, 0.3) is 0 Å². The van der Waals surface area contributed by atoms with Gasteiger partial charge in [-0.1, -0.05) is 30.3 Å². The average Bonchev–Trinajstić information content (AvgIpc) is 3.14. The third-order valence-corrected chi connectivity index (χ3v) is 5.54. The van der Waals surface area contributed by atoms with Crippen molar-refractivity contribution in [2.45, 2.75) is 12.8 Å². The van der Waals surface area contributed by atoms with E-state index in [1.165, 1.54) is 5.56 Å². The summed E-state index contributed by atoms with van der Waals surface area (Å²) in [7, 11) is 0. The van der Waals surface area contributed by atoms with Crippen LogP contribution in [0, 0.1) is 5.92 Å². The Labute approximate surface area is 165 Å². The maximum absolute atomic E-state index is 12.9. The van der Waals surface area contributed by atoms with Crippen molar-refractivity contribution in [1.29, 1.82) is 0 Å². The lowest BCUT2D eigenvalue weighted by Crippen LogP contribution is -2.51. The molecule has 0 N–H and O–H groups in total. The lowest BCUT2D eigenvalue weighted by molar-refractivity contribution is -0.136. The highest BCUT2D eigenvalue weighted by atomic mass is 16.2. The van der Waals surface area contributed by atoms with Crippen molar-refractivity contribution in [2.24, 2.45) is 5.92 Å². The number of hydrogen-bond donors (Lipinski definition) is 0. The van der Waals surface area contributed by atoms with Crippen molar-refractivity contribution in [2.75, 3.05) is 44.2 Å². The zero-order valence-corrected chi connectivity index (χ0v) is 15.9. The van der Waals surface area contributed by atoms with Crippen LogP contribution < -0.4 is 4.90 Å². The van der Waals surface area contributed by atoms with Crippen LogP contribution in [0.3, 0.4) is 0 Å². The van der Waals surface area contributed by atoms with Crippen molar-refractivity contribution in [3.8, 4) is 0 Å². The molecule has 3 heterocycles. The number of hydrogen-bond acceptors (Lipinski definition) is 5. The number of carbonyl (C=O) groups is 2. The highest BCUT2D eigenvalue weighted by Gasteiger charge is 2.37. The van der Waals surface area contributed by atoms with E-state index in [1.807, 2.05) is 28.0 Å². The Morgan fingerprint density at radius 1 is 1.07 bits per heavy atom. The first-order valence-electron chi connectivity index (χ1n) is 9.82. The maximum Gasteiger partial charge on any atom is 0.228 e. The number of likely N-dealkylation sites (tertiary alicyclic amines) is 1. The lowest BCUT2D eigenvalue weighted by Gasteiger charge is -2.36. The molecule has 2 fully saturated rings. The van der Waals surface area contributed by atoms with E-state index in [9.17, 15) is 9.59 Å². The fourth-order valence-corrected chi connectivity index (χ4v) is 3.93. The molecule has 0 aliphatic carbocycles. The van der Waals surface area contributed by atoms with E-state index in [1.54, 1.807) is 18.6 Å². The van der Waals surface area contributed by atoms with Gasteiger partial charge in [0, 0.05) is 58.1 Å². The summed E-state index contributed by atoms with van der Waals surface area (Å²) in [5.41, 5.74) is 1.21. The quantitative estimate of drug-likeness (QED) is 0.781. The third-order valence-electron chi connectivity index (χ3n) is 5.54. The Bertz CT molecular complexity index is 806. The molecule has 2 aromatic rings. The minimum atomic E-state index is -0.216. The Kier molecular flexibility index (Phi) is 5.50. The van der Waals surface area contributed by atoms with Gasteiger partial charge >= 0.3 is 0 Å². The number of amides is 2. The van der Waals surface area contributed by atoms with E-state index in [2.05, 4.69) is 27.0 Å². The molecule has 7 nitrogen and oxygen atoms in total. The second-order valence-electron chi connectivity index (χ2n) is 7.35. The Hall–Kier alpha value is -2.96. The van der Waals surface area contributed by atoms with Gasteiger partial charge in [0.25, 0.3) is 0 Å². The molecule has 7 heteroatoms. The molecule has 146 valence electrons. The number of carbonyl (C=O) groups excluding carboxylic acids is 2. The van der Waals surface area contributed by atoms with E-state index >= 15 is 0 Å². The average molecular weight is 379 g/mol. The highest BCUT2D eigenvalue weighted by molar-refractivity contribution is 5.89. The molecule has 2 saturated heterocycles. The van der Waals surface area contributed by atoms with Gasteiger partial charge in [-0.05, 0) is 12.0 Å². The highest BCUT2D eigenvalue weighted by Crippen LogP contribution is 2.22. The van der Waals surface area contributed by atoms with Crippen LogP contribution in [-0.4, -0.2) is 70.9 Å². The molecule has 0 saturated carbocycles. The minimum absolute atomic E-state index is 0.0903. The van der Waals surface area contributed by atoms with Crippen LogP contribution in [0.5, 0.6) is 0 Å². The predicted octanol–water partition coefficient (Wildman–Crippen LogP) is 1.22. The summed E-state index contributed by atoms with van der Waals surface area (Å²) in [5.74, 6) is 0.825. The molecular formula is C21H25N5O2. The van der Waals surface area contributed by atoms with E-state index < -0.39 is 0 Å². The first kappa shape index (κ1) is 18.4. The molecule has 4 rings (SSSR count). The van der Waals surface area contributed by atoms with E-state index in [0.717, 1.165) is 25.3 Å². The van der Waals surface area contributed by atoms with E-state index in [4.69, 9.17) is 0 Å². The molecule has 0 bridgehead atoms. The van der Waals surface area contributed by atoms with Crippen molar-refractivity contribution in [1.82, 2.24) is 19.8 Å². The van der Waals surface area contributed by atoms with E-state index in [-0.39, 0.29) is 17.7 Å². The molecule has 0 unspecified atom stereocenters. The van der Waals surface area contributed by atoms with Gasteiger partial charge in [-0.3, -0.25) is 14.6 Å². The molecule has 28 heavy (non-hydrogen) atoms. The van der Waals surface area contributed by atoms with Crippen LogP contribution in [-0.2, 0) is 16.0 Å². The van der Waals surface area contributed by atoms with Crippen LogP contribution in [0.4, 0.5) is 5.82 Å². The Balaban J connectivity index is 1.28. The first-order valence-corrected chi connectivity index (χ1v) is 9.82. The summed E-state index contributed by atoms with van der Waals surface area (Å²) < 4.78 is 0. The zero-order chi connectivity index (χ0) is 19.3. The topological polar surface area (TPSA) is 69.6 Å². The monoisotopic (exact) mass is 379 g/mol. The molecule has 2 amide bonds. The number of benzene rings is 1. The molecule has 2 aliphatic rings. The van der Waals surface area contributed by atoms with Gasteiger partial charge in [0.15, 0.2) is 0 Å². The van der Waals surface area contributed by atoms with Crippen molar-refractivity contribution < 1.29 is 9.59 Å². The number of nitrogens with zero attached hydrogens (tertiary/aromatic N) is 5. The van der Waals surface area contributed by atoms with Crippen LogP contribution in [0.15, 0.2) is 48.9 Å². The molecule has 1 aromatic carbocycles. The largest absolute Gasteiger partial charge is 0.352 e. The van der Waals surface area contributed by atoms with Crippen LogP contribution in [0.1, 0.15) is 12.0 Å². The number of aromatic nitrogens is 2. The van der Waals surface area contributed by atoms with Gasteiger partial charge in [-0.2, -0.15) is 0 Å². The summed E-state index contributed by atoms with van der Waals surface area (Å²) in [4.78, 5) is 39.6. The van der Waals surface area contributed by atoms with Crippen molar-refractivity contribution in [3.05, 3.63) is 54.5 Å². The van der Waals surface area contributed by atoms with Gasteiger partial charge < -0.3 is 14.7 Å². The smallest absolute Gasteiger partial charge is 0.228 e. The molecule has 0 radical (unpaired) electrons. The van der Waals surface area contributed by atoms with Gasteiger partial charge in [0.1, 0.15) is 5.82 Å². The van der Waals surface area contributed by atoms with Crippen molar-refractivity contribution >= 4 is 17.6 Å². The van der Waals surface area contributed by atoms with Crippen molar-refractivity contribution in [3.63, 3.8) is 0 Å². The summed E-state index contributed by atoms with van der Waals surface area (Å²) in [5, 5.41) is 0. The summed E-state index contributed by atoms with van der Waals surface area (Å²) in [6.45, 7) is 4.00. The number of anilines is 1. The normalized spacial score (nSPS) is 19.9. The predicted molar refractivity (Wildman–Crippen MR) is 106 cm³/mol. The SMILES string of the molecule is O=C1C[C@H](C(=O)N2CCN(c3cnccn3)CC2)CN1CCc1ccccc1. The maximum atomic E-state index is 12.9. The zero-order valence-electron chi connectivity index (χ0n) is 15.9. The van der Waals surface area contributed by atoms with Gasteiger partial charge in [-0.15, -0.1) is 0 Å². The minimum Gasteiger partial charge on any atom is -0.352 e. The second kappa shape index (κ2) is 8.37. The fraction of sp³-hybridized carbons (Fsp3) is 0.429. The van der Waals surface area contributed by atoms with E-state index in [0.29, 0.717) is 32.6 Å². The molecule has 1 atom stereocenters. The molecular weight excluding hydrogens is 354 g/mol. The Morgan fingerprint density at radius 2 is 1.86 bits per heavy atom.